The van der Waals surface area contributed by atoms with Gasteiger partial charge in [-0.25, -0.2) is 9.97 Å². The lowest BCUT2D eigenvalue weighted by Crippen LogP contribution is -1.95. The third kappa shape index (κ3) is 3.56. The van der Waals surface area contributed by atoms with Crippen molar-refractivity contribution in [2.75, 3.05) is 0 Å². The summed E-state index contributed by atoms with van der Waals surface area (Å²) in [6.45, 7) is 2.17. The maximum Gasteiger partial charge on any atom is 0.321 e. The van der Waals surface area contributed by atoms with E-state index in [0.29, 0.717) is 29.9 Å². The third-order valence-electron chi connectivity index (χ3n) is 2.61. The molecule has 0 aliphatic carbocycles. The molecule has 6 nitrogen and oxygen atoms in total. The highest BCUT2D eigenvalue weighted by molar-refractivity contribution is 5.34. The Bertz CT molecular complexity index is 713. The number of hydrogen-bond acceptors (Lipinski definition) is 6. The van der Waals surface area contributed by atoms with Crippen molar-refractivity contribution >= 4 is 0 Å². The number of aromatic nitrogens is 3. The topological polar surface area (TPSA) is 70.3 Å². The minimum atomic E-state index is 0.292. The van der Waals surface area contributed by atoms with Gasteiger partial charge in [0.05, 0.1) is 5.69 Å². The molecule has 0 atom stereocenters. The van der Waals surface area contributed by atoms with E-state index in [1.807, 2.05) is 31.2 Å². The van der Waals surface area contributed by atoms with Crippen LogP contribution in [0.2, 0.25) is 0 Å². The fraction of sp³-hybridized carbons (Fsp3) is 0.133. The van der Waals surface area contributed by atoms with Crippen LogP contribution in [0.1, 0.15) is 11.5 Å². The largest absolute Gasteiger partial charge is 0.485 e. The SMILES string of the molecule is Cc1cc(COc2cccc(Oc3ncccn3)c2)on1. The summed E-state index contributed by atoms with van der Waals surface area (Å²) in [4.78, 5) is 8.01. The van der Waals surface area contributed by atoms with Crippen molar-refractivity contribution in [1.29, 1.82) is 0 Å². The summed E-state index contributed by atoms with van der Waals surface area (Å²) in [6, 6.07) is 11.1. The van der Waals surface area contributed by atoms with Gasteiger partial charge in [0.2, 0.25) is 0 Å². The van der Waals surface area contributed by atoms with E-state index in [-0.39, 0.29) is 0 Å². The van der Waals surface area contributed by atoms with Gasteiger partial charge in [-0.05, 0) is 25.1 Å². The lowest BCUT2D eigenvalue weighted by molar-refractivity contribution is 0.248. The summed E-state index contributed by atoms with van der Waals surface area (Å²) in [6.07, 6.45) is 3.24. The summed E-state index contributed by atoms with van der Waals surface area (Å²) in [7, 11) is 0. The molecule has 106 valence electrons. The predicted octanol–water partition coefficient (Wildman–Crippen LogP) is 3.14. The first-order valence-electron chi connectivity index (χ1n) is 6.39. The van der Waals surface area contributed by atoms with Gasteiger partial charge < -0.3 is 14.0 Å². The molecular weight excluding hydrogens is 270 g/mol. The first kappa shape index (κ1) is 13.1. The molecule has 0 fully saturated rings. The molecule has 0 N–H and O–H groups in total. The zero-order valence-corrected chi connectivity index (χ0v) is 11.4. The van der Waals surface area contributed by atoms with Gasteiger partial charge in [0, 0.05) is 24.5 Å². The highest BCUT2D eigenvalue weighted by Crippen LogP contribution is 2.23. The van der Waals surface area contributed by atoms with E-state index in [2.05, 4.69) is 15.1 Å². The van der Waals surface area contributed by atoms with Gasteiger partial charge in [-0.1, -0.05) is 11.2 Å². The van der Waals surface area contributed by atoms with Crippen LogP contribution < -0.4 is 9.47 Å². The average Bonchev–Trinajstić information content (AvgIpc) is 2.92. The van der Waals surface area contributed by atoms with E-state index in [9.17, 15) is 0 Å². The van der Waals surface area contributed by atoms with Crippen LogP contribution in [-0.4, -0.2) is 15.1 Å². The standard InChI is InChI=1S/C15H13N3O3/c1-11-8-14(21-18-11)10-19-12-4-2-5-13(9-12)20-15-16-6-3-7-17-15/h2-9H,10H2,1H3. The second-order valence-corrected chi connectivity index (χ2v) is 4.33. The summed E-state index contributed by atoms with van der Waals surface area (Å²) < 4.78 is 16.3. The summed E-state index contributed by atoms with van der Waals surface area (Å²) >= 11 is 0. The Morgan fingerprint density at radius 1 is 1.05 bits per heavy atom. The van der Waals surface area contributed by atoms with Crippen LogP contribution in [0, 0.1) is 6.92 Å². The van der Waals surface area contributed by atoms with E-state index in [0.717, 1.165) is 5.69 Å². The minimum absolute atomic E-state index is 0.292. The number of rotatable bonds is 5. The second kappa shape index (κ2) is 6.04. The molecule has 0 saturated heterocycles. The Balaban J connectivity index is 1.65. The minimum Gasteiger partial charge on any atom is -0.485 e. The van der Waals surface area contributed by atoms with Crippen LogP contribution in [0.25, 0.3) is 0 Å². The summed E-state index contributed by atoms with van der Waals surface area (Å²) in [5.74, 6) is 1.94. The average molecular weight is 283 g/mol. The molecule has 0 bridgehead atoms. The number of aryl methyl sites for hydroxylation is 1. The lowest BCUT2D eigenvalue weighted by Gasteiger charge is -2.06. The molecule has 0 saturated carbocycles. The van der Waals surface area contributed by atoms with Crippen LogP contribution in [0.3, 0.4) is 0 Å². The quantitative estimate of drug-likeness (QED) is 0.716. The molecule has 2 aromatic heterocycles. The summed E-state index contributed by atoms with van der Waals surface area (Å²) in [5.41, 5.74) is 0.826. The summed E-state index contributed by atoms with van der Waals surface area (Å²) in [5, 5.41) is 3.81. The monoisotopic (exact) mass is 283 g/mol. The molecule has 0 spiro atoms. The molecule has 3 aromatic rings. The Morgan fingerprint density at radius 3 is 2.62 bits per heavy atom. The highest BCUT2D eigenvalue weighted by Gasteiger charge is 2.04. The fourth-order valence-electron chi connectivity index (χ4n) is 1.71. The smallest absolute Gasteiger partial charge is 0.321 e. The number of ether oxygens (including phenoxy) is 2. The van der Waals surface area contributed by atoms with E-state index in [1.54, 1.807) is 24.5 Å². The molecular formula is C15H13N3O3. The Kier molecular flexibility index (Phi) is 3.77. The first-order valence-corrected chi connectivity index (χ1v) is 6.39. The molecule has 0 radical (unpaired) electrons. The molecule has 0 aliphatic rings. The Morgan fingerprint density at radius 2 is 1.86 bits per heavy atom. The lowest BCUT2D eigenvalue weighted by atomic mass is 10.3. The van der Waals surface area contributed by atoms with Gasteiger partial charge in [-0.3, -0.25) is 0 Å². The van der Waals surface area contributed by atoms with E-state index in [1.165, 1.54) is 0 Å². The molecule has 21 heavy (non-hydrogen) atoms. The van der Waals surface area contributed by atoms with Gasteiger partial charge in [-0.2, -0.15) is 0 Å². The normalized spacial score (nSPS) is 10.3. The van der Waals surface area contributed by atoms with Crippen molar-refractivity contribution in [2.24, 2.45) is 0 Å². The van der Waals surface area contributed by atoms with Crippen molar-refractivity contribution in [1.82, 2.24) is 15.1 Å². The van der Waals surface area contributed by atoms with E-state index in [4.69, 9.17) is 14.0 Å². The second-order valence-electron chi connectivity index (χ2n) is 4.33. The maximum absolute atomic E-state index is 5.63. The highest BCUT2D eigenvalue weighted by atomic mass is 16.5. The van der Waals surface area contributed by atoms with Gasteiger partial charge in [0.25, 0.3) is 0 Å². The van der Waals surface area contributed by atoms with Gasteiger partial charge in [-0.15, -0.1) is 0 Å². The first-order chi connectivity index (χ1) is 10.3. The van der Waals surface area contributed by atoms with Crippen molar-refractivity contribution in [3.05, 3.63) is 60.2 Å². The van der Waals surface area contributed by atoms with E-state index < -0.39 is 0 Å². The number of nitrogens with zero attached hydrogens (tertiary/aromatic N) is 3. The van der Waals surface area contributed by atoms with Gasteiger partial charge in [0.15, 0.2) is 5.76 Å². The van der Waals surface area contributed by atoms with Crippen LogP contribution >= 0.6 is 0 Å². The molecule has 0 amide bonds. The van der Waals surface area contributed by atoms with Crippen molar-refractivity contribution in [3.8, 4) is 17.5 Å². The molecule has 2 heterocycles. The van der Waals surface area contributed by atoms with Crippen LogP contribution in [0.4, 0.5) is 0 Å². The van der Waals surface area contributed by atoms with Crippen LogP contribution in [-0.2, 0) is 6.61 Å². The maximum atomic E-state index is 5.63. The number of benzene rings is 1. The van der Waals surface area contributed by atoms with Crippen molar-refractivity contribution in [3.63, 3.8) is 0 Å². The van der Waals surface area contributed by atoms with Gasteiger partial charge in [0.1, 0.15) is 18.1 Å². The van der Waals surface area contributed by atoms with Crippen LogP contribution in [0.5, 0.6) is 17.5 Å². The van der Waals surface area contributed by atoms with E-state index >= 15 is 0 Å². The Labute approximate surface area is 121 Å². The fourth-order valence-corrected chi connectivity index (χ4v) is 1.71. The van der Waals surface area contributed by atoms with Crippen LogP contribution in [0.15, 0.2) is 53.3 Å². The molecule has 0 aliphatic heterocycles. The van der Waals surface area contributed by atoms with Gasteiger partial charge >= 0.3 is 6.01 Å². The zero-order valence-electron chi connectivity index (χ0n) is 11.4. The van der Waals surface area contributed by atoms with Crippen molar-refractivity contribution < 1.29 is 14.0 Å². The molecule has 3 rings (SSSR count). The molecule has 6 heteroatoms. The predicted molar refractivity (Wildman–Crippen MR) is 74.1 cm³/mol. The number of hydrogen-bond donors (Lipinski definition) is 0. The Hall–Kier alpha value is -2.89. The zero-order chi connectivity index (χ0) is 14.5. The third-order valence-corrected chi connectivity index (χ3v) is 2.61. The molecule has 0 unspecified atom stereocenters. The molecule has 1 aromatic carbocycles. The van der Waals surface area contributed by atoms with Crippen molar-refractivity contribution in [2.45, 2.75) is 13.5 Å².